The van der Waals surface area contributed by atoms with Gasteiger partial charge >= 0.3 is 0 Å². The van der Waals surface area contributed by atoms with Gasteiger partial charge in [-0.3, -0.25) is 0 Å². The third-order valence-electron chi connectivity index (χ3n) is 3.24. The topological polar surface area (TPSA) is 56.3 Å². The molecule has 0 radical (unpaired) electrons. The minimum atomic E-state index is 0.116. The fourth-order valence-corrected chi connectivity index (χ4v) is 2.19. The lowest BCUT2D eigenvalue weighted by molar-refractivity contribution is 0.108. The van der Waals surface area contributed by atoms with Crippen LogP contribution in [-0.2, 0) is 4.74 Å². The zero-order valence-electron chi connectivity index (χ0n) is 12.1. The first kappa shape index (κ1) is 14.1. The van der Waals surface area contributed by atoms with Crippen LogP contribution in [0.25, 0.3) is 0 Å². The van der Waals surface area contributed by atoms with Gasteiger partial charge in [0.05, 0.1) is 12.2 Å². The Morgan fingerprint density at radius 1 is 1.47 bits per heavy atom. The molecule has 0 aromatic carbocycles. The molecule has 1 fully saturated rings. The van der Waals surface area contributed by atoms with Gasteiger partial charge in [-0.15, -0.1) is 0 Å². The molecule has 1 aliphatic heterocycles. The van der Waals surface area contributed by atoms with Crippen molar-refractivity contribution in [1.82, 2.24) is 9.97 Å². The number of anilines is 1. The highest BCUT2D eigenvalue weighted by molar-refractivity contribution is 5.30. The van der Waals surface area contributed by atoms with Crippen LogP contribution in [0.3, 0.4) is 0 Å². The SMILES string of the molecule is Cc1cc(OC(C)C)nc(NCC2CCOC2C)n1. The van der Waals surface area contributed by atoms with Crippen molar-refractivity contribution in [2.45, 2.75) is 46.3 Å². The van der Waals surface area contributed by atoms with Crippen molar-refractivity contribution >= 4 is 5.95 Å². The molecule has 5 heteroatoms. The Labute approximate surface area is 114 Å². The van der Waals surface area contributed by atoms with Crippen molar-refractivity contribution in [2.75, 3.05) is 18.5 Å². The molecule has 1 aromatic heterocycles. The molecule has 0 bridgehead atoms. The highest BCUT2D eigenvalue weighted by atomic mass is 16.5. The van der Waals surface area contributed by atoms with E-state index in [4.69, 9.17) is 9.47 Å². The van der Waals surface area contributed by atoms with Crippen LogP contribution in [-0.4, -0.2) is 35.3 Å². The van der Waals surface area contributed by atoms with Crippen molar-refractivity contribution < 1.29 is 9.47 Å². The molecular weight excluding hydrogens is 242 g/mol. The van der Waals surface area contributed by atoms with Crippen LogP contribution in [0.5, 0.6) is 5.88 Å². The first-order valence-electron chi connectivity index (χ1n) is 6.92. The maximum atomic E-state index is 5.61. The van der Waals surface area contributed by atoms with E-state index < -0.39 is 0 Å². The van der Waals surface area contributed by atoms with Crippen LogP contribution in [0.1, 0.15) is 32.9 Å². The molecular formula is C14H23N3O2. The van der Waals surface area contributed by atoms with Crippen LogP contribution in [0.15, 0.2) is 6.07 Å². The molecule has 0 aliphatic carbocycles. The van der Waals surface area contributed by atoms with Crippen LogP contribution in [0, 0.1) is 12.8 Å². The van der Waals surface area contributed by atoms with E-state index >= 15 is 0 Å². The maximum absolute atomic E-state index is 5.61. The van der Waals surface area contributed by atoms with Crippen molar-refractivity contribution in [3.63, 3.8) is 0 Å². The summed E-state index contributed by atoms with van der Waals surface area (Å²) >= 11 is 0. The Morgan fingerprint density at radius 2 is 2.26 bits per heavy atom. The van der Waals surface area contributed by atoms with Gasteiger partial charge in [0.25, 0.3) is 0 Å². The Bertz CT molecular complexity index is 423. The largest absolute Gasteiger partial charge is 0.475 e. The summed E-state index contributed by atoms with van der Waals surface area (Å²) < 4.78 is 11.2. The van der Waals surface area contributed by atoms with E-state index in [0.717, 1.165) is 25.3 Å². The number of aromatic nitrogens is 2. The average molecular weight is 265 g/mol. The standard InChI is InChI=1S/C14H23N3O2/c1-9(2)19-13-7-10(3)16-14(17-13)15-8-12-5-6-18-11(12)4/h7,9,11-12H,5-6,8H2,1-4H3,(H,15,16,17). The Balaban J connectivity index is 1.97. The molecule has 1 N–H and O–H groups in total. The lowest BCUT2D eigenvalue weighted by Crippen LogP contribution is -2.22. The monoisotopic (exact) mass is 265 g/mol. The number of aryl methyl sites for hydroxylation is 1. The molecule has 2 heterocycles. The number of hydrogen-bond donors (Lipinski definition) is 1. The lowest BCUT2D eigenvalue weighted by atomic mass is 10.0. The van der Waals surface area contributed by atoms with Crippen LogP contribution >= 0.6 is 0 Å². The van der Waals surface area contributed by atoms with E-state index in [9.17, 15) is 0 Å². The maximum Gasteiger partial charge on any atom is 0.226 e. The zero-order valence-corrected chi connectivity index (χ0v) is 12.1. The quantitative estimate of drug-likeness (QED) is 0.886. The summed E-state index contributed by atoms with van der Waals surface area (Å²) in [6.07, 6.45) is 1.52. The number of nitrogens with one attached hydrogen (secondary N) is 1. The smallest absolute Gasteiger partial charge is 0.226 e. The molecule has 2 unspecified atom stereocenters. The molecule has 0 saturated carbocycles. The summed E-state index contributed by atoms with van der Waals surface area (Å²) in [4.78, 5) is 8.76. The van der Waals surface area contributed by atoms with E-state index in [-0.39, 0.29) is 6.10 Å². The van der Waals surface area contributed by atoms with Gasteiger partial charge in [-0.25, -0.2) is 4.98 Å². The molecule has 2 atom stereocenters. The fourth-order valence-electron chi connectivity index (χ4n) is 2.19. The summed E-state index contributed by atoms with van der Waals surface area (Å²) in [5.74, 6) is 1.79. The molecule has 106 valence electrons. The highest BCUT2D eigenvalue weighted by Crippen LogP contribution is 2.21. The first-order chi connectivity index (χ1) is 9.04. The summed E-state index contributed by atoms with van der Waals surface area (Å²) in [7, 11) is 0. The predicted molar refractivity (Wildman–Crippen MR) is 74.5 cm³/mol. The van der Waals surface area contributed by atoms with Crippen molar-refractivity contribution in [2.24, 2.45) is 5.92 Å². The van der Waals surface area contributed by atoms with Gasteiger partial charge in [-0.2, -0.15) is 4.98 Å². The molecule has 2 rings (SSSR count). The molecule has 5 nitrogen and oxygen atoms in total. The minimum Gasteiger partial charge on any atom is -0.475 e. The van der Waals surface area contributed by atoms with Gasteiger partial charge < -0.3 is 14.8 Å². The fraction of sp³-hybridized carbons (Fsp3) is 0.714. The second-order valence-corrected chi connectivity index (χ2v) is 5.34. The Kier molecular flexibility index (Phi) is 4.58. The highest BCUT2D eigenvalue weighted by Gasteiger charge is 2.24. The van der Waals surface area contributed by atoms with Crippen LogP contribution in [0.4, 0.5) is 5.95 Å². The van der Waals surface area contributed by atoms with Gasteiger partial charge in [0.15, 0.2) is 0 Å². The van der Waals surface area contributed by atoms with Crippen LogP contribution in [0.2, 0.25) is 0 Å². The van der Waals surface area contributed by atoms with E-state index in [0.29, 0.717) is 23.9 Å². The normalized spacial score (nSPS) is 22.8. The van der Waals surface area contributed by atoms with E-state index in [2.05, 4.69) is 22.2 Å². The van der Waals surface area contributed by atoms with Crippen molar-refractivity contribution in [3.8, 4) is 5.88 Å². The number of nitrogens with zero attached hydrogens (tertiary/aromatic N) is 2. The van der Waals surface area contributed by atoms with Gasteiger partial charge in [-0.1, -0.05) is 0 Å². The molecule has 1 aromatic rings. The van der Waals surface area contributed by atoms with Crippen LogP contribution < -0.4 is 10.1 Å². The number of rotatable bonds is 5. The summed E-state index contributed by atoms with van der Waals surface area (Å²) in [5.41, 5.74) is 0.906. The molecule has 0 amide bonds. The molecule has 1 saturated heterocycles. The van der Waals surface area contributed by atoms with Gasteiger partial charge in [0, 0.05) is 30.8 Å². The number of hydrogen-bond acceptors (Lipinski definition) is 5. The summed E-state index contributed by atoms with van der Waals surface area (Å²) in [6, 6.07) is 1.85. The minimum absolute atomic E-state index is 0.116. The van der Waals surface area contributed by atoms with E-state index in [1.54, 1.807) is 0 Å². The predicted octanol–water partition coefficient (Wildman–Crippen LogP) is 2.41. The first-order valence-corrected chi connectivity index (χ1v) is 6.92. The third kappa shape index (κ3) is 4.06. The van der Waals surface area contributed by atoms with E-state index in [1.165, 1.54) is 0 Å². The molecule has 0 spiro atoms. The molecule has 19 heavy (non-hydrogen) atoms. The van der Waals surface area contributed by atoms with Gasteiger partial charge in [-0.05, 0) is 34.1 Å². The van der Waals surface area contributed by atoms with E-state index in [1.807, 2.05) is 26.8 Å². The second kappa shape index (κ2) is 6.19. The second-order valence-electron chi connectivity index (χ2n) is 5.34. The van der Waals surface area contributed by atoms with Gasteiger partial charge in [0.1, 0.15) is 0 Å². The van der Waals surface area contributed by atoms with Gasteiger partial charge in [0.2, 0.25) is 11.8 Å². The Morgan fingerprint density at radius 3 is 2.89 bits per heavy atom. The summed E-state index contributed by atoms with van der Waals surface area (Å²) in [5, 5.41) is 3.29. The number of ether oxygens (including phenoxy) is 2. The summed E-state index contributed by atoms with van der Waals surface area (Å²) in [6.45, 7) is 9.73. The average Bonchev–Trinajstić information content (AvgIpc) is 2.70. The zero-order chi connectivity index (χ0) is 13.8. The Hall–Kier alpha value is -1.36. The van der Waals surface area contributed by atoms with Crippen molar-refractivity contribution in [3.05, 3.63) is 11.8 Å². The lowest BCUT2D eigenvalue weighted by Gasteiger charge is -2.15. The third-order valence-corrected chi connectivity index (χ3v) is 3.24. The molecule has 1 aliphatic rings. The van der Waals surface area contributed by atoms with Crippen molar-refractivity contribution in [1.29, 1.82) is 0 Å².